The Morgan fingerprint density at radius 3 is 2.45 bits per heavy atom. The van der Waals surface area contributed by atoms with Crippen LogP contribution < -0.4 is 4.90 Å². The van der Waals surface area contributed by atoms with E-state index in [4.69, 9.17) is 9.98 Å². The normalized spacial score (nSPS) is 16.1. The smallest absolute Gasteiger partial charge is 0.159 e. The first-order valence-corrected chi connectivity index (χ1v) is 10.6. The largest absolute Gasteiger partial charge is 0.324 e. The van der Waals surface area contributed by atoms with Crippen LogP contribution in [0.1, 0.15) is 30.4 Å². The van der Waals surface area contributed by atoms with E-state index in [0.29, 0.717) is 0 Å². The minimum atomic E-state index is 0.934. The van der Waals surface area contributed by atoms with Crippen LogP contribution in [0.2, 0.25) is 0 Å². The van der Waals surface area contributed by atoms with Gasteiger partial charge < -0.3 is 9.80 Å². The zero-order valence-corrected chi connectivity index (χ0v) is 16.7. The molecule has 0 amide bonds. The van der Waals surface area contributed by atoms with Gasteiger partial charge in [0.05, 0.1) is 11.4 Å². The van der Waals surface area contributed by atoms with Crippen LogP contribution in [0.15, 0.2) is 77.9 Å². The number of hydrogen-bond acceptors (Lipinski definition) is 4. The third-order valence-electron chi connectivity index (χ3n) is 5.81. The van der Waals surface area contributed by atoms with Crippen molar-refractivity contribution < 1.29 is 0 Å². The Labute approximate surface area is 172 Å². The molecule has 3 aromatic rings. The zero-order valence-electron chi connectivity index (χ0n) is 16.7. The van der Waals surface area contributed by atoms with E-state index >= 15 is 0 Å². The number of benzene rings is 2. The Kier molecular flexibility index (Phi) is 5.10. The molecule has 3 heterocycles. The molecule has 0 saturated carbocycles. The highest BCUT2D eigenvalue weighted by Gasteiger charge is 2.24. The summed E-state index contributed by atoms with van der Waals surface area (Å²) in [4.78, 5) is 14.8. The van der Waals surface area contributed by atoms with Crippen molar-refractivity contribution in [2.45, 2.75) is 19.3 Å². The van der Waals surface area contributed by atoms with E-state index in [2.05, 4.69) is 64.4 Å². The van der Waals surface area contributed by atoms with E-state index in [0.717, 1.165) is 47.9 Å². The lowest BCUT2D eigenvalue weighted by Crippen LogP contribution is -2.27. The Bertz CT molecular complexity index is 1010. The van der Waals surface area contributed by atoms with Crippen molar-refractivity contribution in [2.75, 3.05) is 31.1 Å². The van der Waals surface area contributed by atoms with Crippen molar-refractivity contribution >= 4 is 22.9 Å². The first-order chi connectivity index (χ1) is 14.4. The summed E-state index contributed by atoms with van der Waals surface area (Å²) in [6, 6.07) is 23.1. The number of aromatic nitrogens is 1. The molecule has 29 heavy (non-hydrogen) atoms. The second-order valence-electron chi connectivity index (χ2n) is 7.74. The number of aliphatic imine (C=N–C) groups is 1. The van der Waals surface area contributed by atoms with Crippen LogP contribution in [0.4, 0.5) is 17.2 Å². The fraction of sp³-hybridized carbons (Fsp3) is 0.280. The van der Waals surface area contributed by atoms with E-state index in [9.17, 15) is 0 Å². The highest BCUT2D eigenvalue weighted by molar-refractivity contribution is 6.18. The molecule has 1 fully saturated rings. The van der Waals surface area contributed by atoms with Crippen molar-refractivity contribution in [2.24, 2.45) is 4.99 Å². The fourth-order valence-corrected chi connectivity index (χ4v) is 4.39. The molecule has 0 spiro atoms. The molecular weight excluding hydrogens is 356 g/mol. The summed E-state index contributed by atoms with van der Waals surface area (Å²) in [5.41, 5.74) is 5.43. The van der Waals surface area contributed by atoms with Gasteiger partial charge in [-0.1, -0.05) is 48.5 Å². The summed E-state index contributed by atoms with van der Waals surface area (Å²) in [6.07, 6.45) is 5.67. The van der Waals surface area contributed by atoms with Crippen LogP contribution >= 0.6 is 0 Å². The first kappa shape index (κ1) is 18.1. The highest BCUT2D eigenvalue weighted by Crippen LogP contribution is 2.39. The number of likely N-dealkylation sites (tertiary alicyclic amines) is 1. The van der Waals surface area contributed by atoms with Crippen LogP contribution in [0.3, 0.4) is 0 Å². The molecule has 0 unspecified atom stereocenters. The number of rotatable bonds is 5. The molecule has 0 bridgehead atoms. The van der Waals surface area contributed by atoms with Crippen LogP contribution in [-0.4, -0.2) is 41.8 Å². The zero-order chi connectivity index (χ0) is 19.5. The van der Waals surface area contributed by atoms with Gasteiger partial charge in [-0.3, -0.25) is 0 Å². The summed E-state index contributed by atoms with van der Waals surface area (Å²) in [7, 11) is 0. The summed E-state index contributed by atoms with van der Waals surface area (Å²) < 4.78 is 0. The Hall–Kier alpha value is -2.98. The predicted molar refractivity (Wildman–Crippen MR) is 120 cm³/mol. The molecule has 2 aromatic carbocycles. The van der Waals surface area contributed by atoms with Gasteiger partial charge in [-0.05, 0) is 57.1 Å². The van der Waals surface area contributed by atoms with Gasteiger partial charge in [-0.2, -0.15) is 0 Å². The minimum Gasteiger partial charge on any atom is -0.324 e. The highest BCUT2D eigenvalue weighted by atomic mass is 15.2. The number of nitrogens with zero attached hydrogens (tertiary/aromatic N) is 4. The van der Waals surface area contributed by atoms with Crippen LogP contribution in [0.5, 0.6) is 0 Å². The molecule has 4 nitrogen and oxygen atoms in total. The monoisotopic (exact) mass is 382 g/mol. The minimum absolute atomic E-state index is 0.934. The molecular formula is C25H26N4. The van der Waals surface area contributed by atoms with E-state index < -0.39 is 0 Å². The fourth-order valence-electron chi connectivity index (χ4n) is 4.39. The maximum Gasteiger partial charge on any atom is 0.159 e. The van der Waals surface area contributed by atoms with Gasteiger partial charge in [0.2, 0.25) is 0 Å². The van der Waals surface area contributed by atoms with Crippen molar-refractivity contribution in [3.05, 3.63) is 84.1 Å². The molecule has 1 saturated heterocycles. The predicted octanol–water partition coefficient (Wildman–Crippen LogP) is 5.19. The van der Waals surface area contributed by atoms with Crippen LogP contribution in [0.25, 0.3) is 0 Å². The number of pyridine rings is 1. The molecule has 0 atom stereocenters. The number of hydrogen-bond donors (Lipinski definition) is 0. The van der Waals surface area contributed by atoms with E-state index in [1.807, 2.05) is 18.3 Å². The summed E-state index contributed by atoms with van der Waals surface area (Å²) >= 11 is 0. The second-order valence-corrected chi connectivity index (χ2v) is 7.74. The average Bonchev–Trinajstić information content (AvgIpc) is 3.25. The third kappa shape index (κ3) is 3.68. The second kappa shape index (κ2) is 8.18. The van der Waals surface area contributed by atoms with Crippen LogP contribution in [-0.2, 0) is 0 Å². The van der Waals surface area contributed by atoms with Crippen LogP contribution in [0, 0.1) is 0 Å². The quantitative estimate of drug-likeness (QED) is 0.609. The van der Waals surface area contributed by atoms with E-state index in [1.54, 1.807) is 0 Å². The number of anilines is 2. The third-order valence-corrected chi connectivity index (χ3v) is 5.81. The van der Waals surface area contributed by atoms with Crippen molar-refractivity contribution in [3.63, 3.8) is 0 Å². The van der Waals surface area contributed by atoms with Gasteiger partial charge in [0.15, 0.2) is 5.82 Å². The molecule has 0 radical (unpaired) electrons. The first-order valence-electron chi connectivity index (χ1n) is 10.6. The maximum absolute atomic E-state index is 5.09. The molecule has 1 aromatic heterocycles. The molecule has 2 aliphatic heterocycles. The van der Waals surface area contributed by atoms with Gasteiger partial charge in [-0.25, -0.2) is 9.98 Å². The molecule has 2 aliphatic rings. The van der Waals surface area contributed by atoms with Gasteiger partial charge in [0, 0.05) is 23.9 Å². The van der Waals surface area contributed by atoms with E-state index in [1.165, 1.54) is 31.6 Å². The molecule has 5 rings (SSSR count). The standard InChI is InChI=1S/C25H26N4/c1-2-10-20(11-3-1)24-21-12-4-5-14-23(21)29(19-9-18-28-16-6-7-17-28)25-22(27-24)13-8-15-26-25/h1-5,8,10-15H,6-7,9,16-19H2. The number of fused-ring (bicyclic) bond motifs is 2. The lowest BCUT2D eigenvalue weighted by molar-refractivity contribution is 0.336. The van der Waals surface area contributed by atoms with Gasteiger partial charge in [-0.15, -0.1) is 0 Å². The molecule has 146 valence electrons. The average molecular weight is 383 g/mol. The maximum atomic E-state index is 5.09. The molecule has 4 heteroatoms. The van der Waals surface area contributed by atoms with E-state index in [-0.39, 0.29) is 0 Å². The Morgan fingerprint density at radius 2 is 1.59 bits per heavy atom. The Morgan fingerprint density at radius 1 is 0.793 bits per heavy atom. The lowest BCUT2D eigenvalue weighted by atomic mass is 10.00. The van der Waals surface area contributed by atoms with Gasteiger partial charge in [0.1, 0.15) is 5.69 Å². The SMILES string of the molecule is c1ccc(C2=Nc3cccnc3N(CCCN3CCCC3)c3ccccc32)cc1. The molecule has 0 N–H and O–H groups in total. The van der Waals surface area contributed by atoms with Crippen molar-refractivity contribution in [3.8, 4) is 0 Å². The number of para-hydroxylation sites is 1. The van der Waals surface area contributed by atoms with Crippen molar-refractivity contribution in [1.29, 1.82) is 0 Å². The lowest BCUT2D eigenvalue weighted by Gasteiger charge is -2.26. The topological polar surface area (TPSA) is 31.7 Å². The summed E-state index contributed by atoms with van der Waals surface area (Å²) in [5, 5.41) is 0. The summed E-state index contributed by atoms with van der Waals surface area (Å²) in [6.45, 7) is 4.57. The summed E-state index contributed by atoms with van der Waals surface area (Å²) in [5.74, 6) is 0.951. The Balaban J connectivity index is 1.55. The van der Waals surface area contributed by atoms with Gasteiger partial charge in [0.25, 0.3) is 0 Å². The molecule has 0 aliphatic carbocycles. The van der Waals surface area contributed by atoms with Crippen molar-refractivity contribution in [1.82, 2.24) is 9.88 Å². The van der Waals surface area contributed by atoms with Gasteiger partial charge >= 0.3 is 0 Å².